The minimum atomic E-state index is -2.96. The minimum Gasteiger partial charge on any atom is -0.434 e. The van der Waals surface area contributed by atoms with Gasteiger partial charge in [0.25, 0.3) is 5.91 Å². The van der Waals surface area contributed by atoms with E-state index in [1.165, 1.54) is 6.07 Å². The van der Waals surface area contributed by atoms with E-state index < -0.39 is 6.61 Å². The molecule has 0 saturated heterocycles. The lowest BCUT2D eigenvalue weighted by atomic mass is 9.95. The fourth-order valence-electron chi connectivity index (χ4n) is 4.59. The van der Waals surface area contributed by atoms with E-state index in [0.29, 0.717) is 23.2 Å². The first-order valence-corrected chi connectivity index (χ1v) is 11.9. The molecule has 1 heterocycles. The molecule has 3 nitrogen and oxygen atoms in total. The van der Waals surface area contributed by atoms with E-state index in [-0.39, 0.29) is 11.7 Å². The summed E-state index contributed by atoms with van der Waals surface area (Å²) in [5, 5.41) is 0. The van der Waals surface area contributed by atoms with Crippen LogP contribution in [-0.2, 0) is 11.2 Å². The lowest BCUT2D eigenvalue weighted by Gasteiger charge is -2.30. The molecule has 1 aliphatic rings. The molecule has 0 atom stereocenters. The molecule has 4 aromatic carbocycles. The third-order valence-corrected chi connectivity index (χ3v) is 6.32. The van der Waals surface area contributed by atoms with Crippen molar-refractivity contribution in [3.63, 3.8) is 0 Å². The van der Waals surface area contributed by atoms with Crippen molar-refractivity contribution in [1.82, 2.24) is 0 Å². The number of benzene rings is 4. The van der Waals surface area contributed by atoms with Crippen LogP contribution >= 0.6 is 0 Å². The monoisotopic (exact) mass is 481 g/mol. The van der Waals surface area contributed by atoms with Gasteiger partial charge in [-0.15, -0.1) is 0 Å². The van der Waals surface area contributed by atoms with Gasteiger partial charge in [0.1, 0.15) is 5.75 Å². The summed E-state index contributed by atoms with van der Waals surface area (Å²) in [5.74, 6) is -0.154. The molecule has 1 amide bonds. The van der Waals surface area contributed by atoms with Gasteiger partial charge in [-0.05, 0) is 53.3 Å². The van der Waals surface area contributed by atoms with Crippen LogP contribution in [0.5, 0.6) is 5.75 Å². The zero-order valence-corrected chi connectivity index (χ0v) is 19.6. The summed E-state index contributed by atoms with van der Waals surface area (Å²) in [6.45, 7) is -2.37. The molecule has 5 rings (SSSR count). The molecule has 5 heteroatoms. The van der Waals surface area contributed by atoms with Crippen molar-refractivity contribution in [3.05, 3.63) is 120 Å². The highest BCUT2D eigenvalue weighted by Gasteiger charge is 2.26. The highest BCUT2D eigenvalue weighted by Crippen LogP contribution is 2.33. The molecule has 0 aromatic heterocycles. The molecule has 1 aliphatic heterocycles. The van der Waals surface area contributed by atoms with Crippen LogP contribution in [0.4, 0.5) is 14.5 Å². The van der Waals surface area contributed by atoms with Gasteiger partial charge < -0.3 is 9.64 Å². The largest absolute Gasteiger partial charge is 0.434 e. The number of hydrogen-bond acceptors (Lipinski definition) is 2. The Hall–Kier alpha value is -4.25. The molecule has 0 radical (unpaired) electrons. The molecule has 0 fully saturated rings. The standard InChI is InChI=1S/C31H25F2NO2/c32-31(33)36-29-15-7-5-12-26(29)21-27(24-18-16-23(17-19-24)22-9-2-1-3-10-22)30(35)34-20-8-13-25-11-4-6-14-28(25)34/h1-7,9-12,14-19,21,31H,8,13,20H2. The van der Waals surface area contributed by atoms with E-state index in [1.807, 2.05) is 78.9 Å². The maximum Gasteiger partial charge on any atom is 0.387 e. The Morgan fingerprint density at radius 2 is 1.47 bits per heavy atom. The van der Waals surface area contributed by atoms with Gasteiger partial charge in [0.15, 0.2) is 0 Å². The first kappa shape index (κ1) is 23.5. The molecule has 180 valence electrons. The average Bonchev–Trinajstić information content (AvgIpc) is 2.92. The van der Waals surface area contributed by atoms with Gasteiger partial charge in [-0.25, -0.2) is 0 Å². The van der Waals surface area contributed by atoms with Crippen LogP contribution in [0.25, 0.3) is 22.8 Å². The number of hydrogen-bond donors (Lipinski definition) is 0. The summed E-state index contributed by atoms with van der Waals surface area (Å²) in [5.41, 5.74) is 5.64. The molecular formula is C31H25F2NO2. The summed E-state index contributed by atoms with van der Waals surface area (Å²) in [6.07, 6.45) is 3.42. The first-order chi connectivity index (χ1) is 17.6. The fraction of sp³-hybridized carbons (Fsp3) is 0.129. The first-order valence-electron chi connectivity index (χ1n) is 11.9. The molecular weight excluding hydrogens is 456 g/mol. The average molecular weight is 482 g/mol. The summed E-state index contributed by atoms with van der Waals surface area (Å²) in [7, 11) is 0. The quantitative estimate of drug-likeness (QED) is 0.211. The van der Waals surface area contributed by atoms with E-state index in [1.54, 1.807) is 29.2 Å². The fourth-order valence-corrected chi connectivity index (χ4v) is 4.59. The number of ether oxygens (including phenoxy) is 1. The Balaban J connectivity index is 1.59. The molecule has 36 heavy (non-hydrogen) atoms. The Kier molecular flexibility index (Phi) is 6.89. The number of alkyl halides is 2. The lowest BCUT2D eigenvalue weighted by Crippen LogP contribution is -2.36. The van der Waals surface area contributed by atoms with Crippen molar-refractivity contribution in [1.29, 1.82) is 0 Å². The van der Waals surface area contributed by atoms with Crippen molar-refractivity contribution in [2.75, 3.05) is 11.4 Å². The second kappa shape index (κ2) is 10.6. The highest BCUT2D eigenvalue weighted by atomic mass is 19.3. The number of anilines is 1. The van der Waals surface area contributed by atoms with Gasteiger partial charge in [0, 0.05) is 23.4 Å². The van der Waals surface area contributed by atoms with Crippen LogP contribution in [0.3, 0.4) is 0 Å². The predicted octanol–water partition coefficient (Wildman–Crippen LogP) is 7.48. The normalized spacial score (nSPS) is 13.4. The van der Waals surface area contributed by atoms with E-state index in [4.69, 9.17) is 4.74 Å². The zero-order chi connectivity index (χ0) is 24.9. The van der Waals surface area contributed by atoms with Gasteiger partial charge in [-0.3, -0.25) is 4.79 Å². The third kappa shape index (κ3) is 5.05. The highest BCUT2D eigenvalue weighted by molar-refractivity contribution is 6.30. The predicted molar refractivity (Wildman–Crippen MR) is 140 cm³/mol. The number of para-hydroxylation sites is 2. The minimum absolute atomic E-state index is 0.0257. The van der Waals surface area contributed by atoms with E-state index in [9.17, 15) is 13.6 Å². The van der Waals surface area contributed by atoms with E-state index >= 15 is 0 Å². The van der Waals surface area contributed by atoms with Crippen LogP contribution < -0.4 is 9.64 Å². The van der Waals surface area contributed by atoms with Crippen LogP contribution in [0, 0.1) is 0 Å². The number of rotatable bonds is 6. The third-order valence-electron chi connectivity index (χ3n) is 6.32. The summed E-state index contributed by atoms with van der Waals surface area (Å²) in [6, 6.07) is 32.1. The molecule has 0 bridgehead atoms. The van der Waals surface area contributed by atoms with Gasteiger partial charge in [0.2, 0.25) is 0 Å². The molecule has 0 saturated carbocycles. The summed E-state index contributed by atoms with van der Waals surface area (Å²) < 4.78 is 30.9. The Morgan fingerprint density at radius 1 is 0.806 bits per heavy atom. The van der Waals surface area contributed by atoms with Crippen LogP contribution in [0.1, 0.15) is 23.1 Å². The van der Waals surface area contributed by atoms with Crippen LogP contribution in [0.2, 0.25) is 0 Å². The smallest absolute Gasteiger partial charge is 0.387 e. The van der Waals surface area contributed by atoms with Crippen molar-refractivity contribution >= 4 is 23.2 Å². The number of amides is 1. The van der Waals surface area contributed by atoms with Crippen molar-refractivity contribution in [3.8, 4) is 16.9 Å². The van der Waals surface area contributed by atoms with Crippen LogP contribution in [0.15, 0.2) is 103 Å². The topological polar surface area (TPSA) is 29.5 Å². The SMILES string of the molecule is O=C(C(=Cc1ccccc1OC(F)F)c1ccc(-c2ccccc2)cc1)N1CCCc2ccccc21. The molecule has 0 unspecified atom stereocenters. The summed E-state index contributed by atoms with van der Waals surface area (Å²) >= 11 is 0. The van der Waals surface area contributed by atoms with Crippen LogP contribution in [-0.4, -0.2) is 19.1 Å². The van der Waals surface area contributed by atoms with E-state index in [0.717, 1.165) is 35.2 Å². The number of fused-ring (bicyclic) bond motifs is 1. The molecule has 0 spiro atoms. The van der Waals surface area contributed by atoms with Crippen molar-refractivity contribution in [2.45, 2.75) is 19.5 Å². The maximum absolute atomic E-state index is 14.0. The summed E-state index contributed by atoms with van der Waals surface area (Å²) in [4.78, 5) is 15.8. The Labute approximate surface area is 209 Å². The number of nitrogens with zero attached hydrogens (tertiary/aromatic N) is 1. The van der Waals surface area contributed by atoms with Crippen molar-refractivity contribution in [2.24, 2.45) is 0 Å². The number of carbonyl (C=O) groups excluding carboxylic acids is 1. The van der Waals surface area contributed by atoms with Gasteiger partial charge in [-0.2, -0.15) is 8.78 Å². The molecule has 0 N–H and O–H groups in total. The van der Waals surface area contributed by atoms with Crippen molar-refractivity contribution < 1.29 is 18.3 Å². The Bertz CT molecular complexity index is 1380. The van der Waals surface area contributed by atoms with E-state index in [2.05, 4.69) is 0 Å². The molecule has 0 aliphatic carbocycles. The second-order valence-electron chi connectivity index (χ2n) is 8.61. The number of halogens is 2. The zero-order valence-electron chi connectivity index (χ0n) is 19.6. The molecule has 4 aromatic rings. The van der Waals surface area contributed by atoms with Gasteiger partial charge in [-0.1, -0.05) is 91.0 Å². The number of aryl methyl sites for hydroxylation is 1. The van der Waals surface area contributed by atoms with Gasteiger partial charge in [0.05, 0.1) is 0 Å². The number of carbonyl (C=O) groups is 1. The maximum atomic E-state index is 14.0. The lowest BCUT2D eigenvalue weighted by molar-refractivity contribution is -0.113. The Morgan fingerprint density at radius 3 is 2.25 bits per heavy atom. The second-order valence-corrected chi connectivity index (χ2v) is 8.61. The van der Waals surface area contributed by atoms with Gasteiger partial charge >= 0.3 is 6.61 Å².